The van der Waals surface area contributed by atoms with Crippen LogP contribution in [0.5, 0.6) is 0 Å². The van der Waals surface area contributed by atoms with Crippen molar-refractivity contribution in [2.24, 2.45) is 5.92 Å². The number of likely N-dealkylation sites (tertiary alicyclic amines) is 1. The van der Waals surface area contributed by atoms with E-state index in [2.05, 4.69) is 35.5 Å². The van der Waals surface area contributed by atoms with E-state index in [0.717, 1.165) is 18.2 Å². The van der Waals surface area contributed by atoms with Gasteiger partial charge in [-0.2, -0.15) is 0 Å². The molecule has 0 aromatic carbocycles. The molecular formula is C16H22N2. The van der Waals surface area contributed by atoms with E-state index in [0.29, 0.717) is 0 Å². The van der Waals surface area contributed by atoms with Crippen LogP contribution in [0.1, 0.15) is 31.0 Å². The smallest absolute Gasteiger partial charge is 0.0632 e. The fourth-order valence-electron chi connectivity index (χ4n) is 2.54. The van der Waals surface area contributed by atoms with Gasteiger partial charge >= 0.3 is 0 Å². The van der Waals surface area contributed by atoms with Crippen LogP contribution >= 0.6 is 0 Å². The van der Waals surface area contributed by atoms with Crippen LogP contribution in [0.15, 0.2) is 37.1 Å². The minimum atomic E-state index is 0.834. The molecule has 0 aliphatic carbocycles. The van der Waals surface area contributed by atoms with Crippen molar-refractivity contribution in [2.75, 3.05) is 13.1 Å². The highest BCUT2D eigenvalue weighted by Gasteiger charge is 2.16. The molecular weight excluding hydrogens is 220 g/mol. The molecule has 18 heavy (non-hydrogen) atoms. The highest BCUT2D eigenvalue weighted by atomic mass is 15.1. The molecule has 1 aliphatic rings. The molecule has 0 spiro atoms. The Kier molecular flexibility index (Phi) is 4.71. The molecule has 1 unspecified atom stereocenters. The molecule has 1 saturated heterocycles. The van der Waals surface area contributed by atoms with Crippen molar-refractivity contribution in [3.8, 4) is 0 Å². The maximum absolute atomic E-state index is 4.33. The summed E-state index contributed by atoms with van der Waals surface area (Å²) in [6.45, 7) is 9.51. The topological polar surface area (TPSA) is 16.1 Å². The Morgan fingerprint density at radius 1 is 1.56 bits per heavy atom. The van der Waals surface area contributed by atoms with Gasteiger partial charge in [0.1, 0.15) is 0 Å². The second-order valence-corrected chi connectivity index (χ2v) is 5.17. The minimum absolute atomic E-state index is 0.834. The highest BCUT2D eigenvalue weighted by Crippen LogP contribution is 2.18. The Hall–Kier alpha value is -1.41. The van der Waals surface area contributed by atoms with Crippen LogP contribution < -0.4 is 0 Å². The largest absolute Gasteiger partial charge is 0.299 e. The summed E-state index contributed by atoms with van der Waals surface area (Å²) >= 11 is 0. The van der Waals surface area contributed by atoms with E-state index in [-0.39, 0.29) is 0 Å². The van der Waals surface area contributed by atoms with Gasteiger partial charge in [-0.3, -0.25) is 9.88 Å². The molecule has 2 heteroatoms. The average Bonchev–Trinajstić information content (AvgIpc) is 2.37. The van der Waals surface area contributed by atoms with Gasteiger partial charge in [0, 0.05) is 19.3 Å². The van der Waals surface area contributed by atoms with Gasteiger partial charge in [-0.1, -0.05) is 25.7 Å². The molecule has 1 aromatic heterocycles. The predicted molar refractivity (Wildman–Crippen MR) is 77.1 cm³/mol. The molecule has 0 bridgehead atoms. The van der Waals surface area contributed by atoms with Crippen molar-refractivity contribution in [1.82, 2.24) is 9.88 Å². The van der Waals surface area contributed by atoms with Crippen LogP contribution in [0.2, 0.25) is 0 Å². The first kappa shape index (κ1) is 13.0. The predicted octanol–water partition coefficient (Wildman–Crippen LogP) is 3.51. The maximum Gasteiger partial charge on any atom is 0.0632 e. The van der Waals surface area contributed by atoms with Crippen molar-refractivity contribution in [3.63, 3.8) is 0 Å². The zero-order valence-corrected chi connectivity index (χ0v) is 11.2. The molecule has 0 radical (unpaired) electrons. The molecule has 2 nitrogen and oxygen atoms in total. The van der Waals surface area contributed by atoms with Crippen molar-refractivity contribution in [3.05, 3.63) is 48.3 Å². The summed E-state index contributed by atoms with van der Waals surface area (Å²) in [4.78, 5) is 6.88. The number of nitrogens with zero attached hydrogens (tertiary/aromatic N) is 2. The Labute approximate surface area is 110 Å². The number of aromatic nitrogens is 1. The van der Waals surface area contributed by atoms with Crippen LogP contribution in [-0.4, -0.2) is 23.0 Å². The number of hydrogen-bond donors (Lipinski definition) is 0. The van der Waals surface area contributed by atoms with Crippen LogP contribution in [-0.2, 0) is 6.54 Å². The first-order valence-electron chi connectivity index (χ1n) is 6.74. The third-order valence-electron chi connectivity index (χ3n) is 3.40. The van der Waals surface area contributed by atoms with Crippen molar-refractivity contribution < 1.29 is 0 Å². The van der Waals surface area contributed by atoms with E-state index in [1.807, 2.05) is 18.3 Å². The quantitative estimate of drug-likeness (QED) is 0.751. The standard InChI is InChI=1S/C16H22N2/c1-3-4-7-16-11-15(8-9-17-16)13-18-10-5-6-14(2)12-18/h3-4,7-9,11,14H,1,5-6,10,12-13H2,2H3/b7-4-. The third-order valence-corrected chi connectivity index (χ3v) is 3.40. The van der Waals surface area contributed by atoms with Gasteiger partial charge in [-0.15, -0.1) is 0 Å². The van der Waals surface area contributed by atoms with Crippen molar-refractivity contribution >= 4 is 6.08 Å². The zero-order valence-electron chi connectivity index (χ0n) is 11.2. The number of hydrogen-bond acceptors (Lipinski definition) is 2. The molecule has 0 saturated carbocycles. The second kappa shape index (κ2) is 6.50. The molecule has 1 fully saturated rings. The molecule has 1 atom stereocenters. The van der Waals surface area contributed by atoms with Crippen LogP contribution in [0.4, 0.5) is 0 Å². The van der Waals surface area contributed by atoms with E-state index in [1.54, 1.807) is 6.08 Å². The van der Waals surface area contributed by atoms with Gasteiger partial charge in [0.05, 0.1) is 5.69 Å². The Bertz CT molecular complexity index is 423. The van der Waals surface area contributed by atoms with E-state index in [9.17, 15) is 0 Å². The minimum Gasteiger partial charge on any atom is -0.299 e. The fourth-order valence-corrected chi connectivity index (χ4v) is 2.54. The summed E-state index contributed by atoms with van der Waals surface area (Å²) in [5.41, 5.74) is 2.36. The third kappa shape index (κ3) is 3.81. The Morgan fingerprint density at radius 3 is 3.22 bits per heavy atom. The van der Waals surface area contributed by atoms with Gasteiger partial charge in [-0.05, 0) is 49.1 Å². The molecule has 1 aromatic rings. The Balaban J connectivity index is 2.00. The van der Waals surface area contributed by atoms with Gasteiger partial charge in [-0.25, -0.2) is 0 Å². The molecule has 1 aliphatic heterocycles. The zero-order chi connectivity index (χ0) is 12.8. The number of piperidine rings is 1. The van der Waals surface area contributed by atoms with Crippen molar-refractivity contribution in [2.45, 2.75) is 26.3 Å². The summed E-state index contributed by atoms with van der Waals surface area (Å²) in [7, 11) is 0. The molecule has 2 heterocycles. The summed E-state index contributed by atoms with van der Waals surface area (Å²) < 4.78 is 0. The van der Waals surface area contributed by atoms with E-state index >= 15 is 0 Å². The average molecular weight is 242 g/mol. The van der Waals surface area contributed by atoms with E-state index in [1.165, 1.54) is 31.5 Å². The molecule has 0 amide bonds. The summed E-state index contributed by atoms with van der Waals surface area (Å²) in [6.07, 6.45) is 10.3. The molecule has 2 rings (SSSR count). The second-order valence-electron chi connectivity index (χ2n) is 5.17. The molecule has 96 valence electrons. The Morgan fingerprint density at radius 2 is 2.44 bits per heavy atom. The summed E-state index contributed by atoms with van der Waals surface area (Å²) in [6, 6.07) is 4.28. The van der Waals surface area contributed by atoms with Gasteiger partial charge < -0.3 is 0 Å². The summed E-state index contributed by atoms with van der Waals surface area (Å²) in [5.74, 6) is 0.834. The lowest BCUT2D eigenvalue weighted by atomic mass is 10.00. The lowest BCUT2D eigenvalue weighted by molar-refractivity contribution is 0.176. The highest BCUT2D eigenvalue weighted by molar-refractivity contribution is 5.47. The normalized spacial score (nSPS) is 21.3. The van der Waals surface area contributed by atoms with E-state index < -0.39 is 0 Å². The molecule has 0 N–H and O–H groups in total. The fraction of sp³-hybridized carbons (Fsp3) is 0.438. The maximum atomic E-state index is 4.33. The van der Waals surface area contributed by atoms with Gasteiger partial charge in [0.2, 0.25) is 0 Å². The van der Waals surface area contributed by atoms with Crippen LogP contribution in [0.3, 0.4) is 0 Å². The number of pyridine rings is 1. The summed E-state index contributed by atoms with van der Waals surface area (Å²) in [5, 5.41) is 0. The van der Waals surface area contributed by atoms with Gasteiger partial charge in [0.25, 0.3) is 0 Å². The first-order chi connectivity index (χ1) is 8.78. The van der Waals surface area contributed by atoms with E-state index in [4.69, 9.17) is 0 Å². The first-order valence-corrected chi connectivity index (χ1v) is 6.74. The van der Waals surface area contributed by atoms with Crippen LogP contribution in [0.25, 0.3) is 6.08 Å². The van der Waals surface area contributed by atoms with Gasteiger partial charge in [0.15, 0.2) is 0 Å². The lowest BCUT2D eigenvalue weighted by Crippen LogP contribution is -2.33. The SMILES string of the molecule is C=C/C=C\c1cc(CN2CCCC(C)C2)ccn1. The van der Waals surface area contributed by atoms with Crippen LogP contribution in [0, 0.1) is 5.92 Å². The van der Waals surface area contributed by atoms with Crippen molar-refractivity contribution in [1.29, 1.82) is 0 Å². The lowest BCUT2D eigenvalue weighted by Gasteiger charge is -2.30. The monoisotopic (exact) mass is 242 g/mol. The number of allylic oxidation sites excluding steroid dienone is 2. The number of rotatable bonds is 4.